The second-order valence-electron chi connectivity index (χ2n) is 12.2. The topological polar surface area (TPSA) is 98.8 Å². The van der Waals surface area contributed by atoms with E-state index < -0.39 is 22.6 Å². The van der Waals surface area contributed by atoms with E-state index in [4.69, 9.17) is 33.2 Å². The zero-order valence-electron chi connectivity index (χ0n) is 21.3. The van der Waals surface area contributed by atoms with Gasteiger partial charge in [-0.05, 0) is 55.9 Å². The van der Waals surface area contributed by atoms with E-state index in [1.165, 1.54) is 6.92 Å². The van der Waals surface area contributed by atoms with Gasteiger partial charge in [0.15, 0.2) is 25.2 Å². The molecule has 4 aliphatic carbocycles. The molecule has 3 saturated carbocycles. The van der Waals surface area contributed by atoms with Gasteiger partial charge in [-0.2, -0.15) is 0 Å². The molecule has 6 fully saturated rings. The van der Waals surface area contributed by atoms with Crippen molar-refractivity contribution in [2.75, 3.05) is 33.4 Å². The first-order chi connectivity index (χ1) is 17.2. The smallest absolute Gasteiger partial charge is 0.302 e. The van der Waals surface area contributed by atoms with Crippen molar-refractivity contribution >= 4 is 11.8 Å². The summed E-state index contributed by atoms with van der Waals surface area (Å²) < 4.78 is 42.2. The van der Waals surface area contributed by atoms with E-state index in [-0.39, 0.29) is 61.2 Å². The molecular weight excluding hydrogens is 468 g/mol. The van der Waals surface area contributed by atoms with Gasteiger partial charge in [0.25, 0.3) is 0 Å². The van der Waals surface area contributed by atoms with Gasteiger partial charge in [0, 0.05) is 25.7 Å². The van der Waals surface area contributed by atoms with Gasteiger partial charge in [-0.3, -0.25) is 9.59 Å². The number of ether oxygens (including phenoxy) is 7. The SMILES string of the molecule is CC(=O)O[C@@H]1C[C@@H]2CC3(CC[C@]2(C)C2=CC(=O)[C@@]4(C)C(CC[C@@]45OCOC54COCO4)C21)OCCO3. The third-order valence-electron chi connectivity index (χ3n) is 11.1. The molecule has 0 bridgehead atoms. The summed E-state index contributed by atoms with van der Waals surface area (Å²) in [5, 5.41) is 0. The molecule has 3 unspecified atom stereocenters. The average Bonchev–Trinajstić information content (AvgIpc) is 3.62. The van der Waals surface area contributed by atoms with Crippen LogP contribution >= 0.6 is 0 Å². The lowest BCUT2D eigenvalue weighted by atomic mass is 9.46. The van der Waals surface area contributed by atoms with Gasteiger partial charge in [0.05, 0.1) is 18.6 Å². The summed E-state index contributed by atoms with van der Waals surface area (Å²) >= 11 is 0. The van der Waals surface area contributed by atoms with E-state index in [0.29, 0.717) is 19.6 Å². The van der Waals surface area contributed by atoms with Crippen molar-refractivity contribution in [1.29, 1.82) is 0 Å². The lowest BCUT2D eigenvalue weighted by Gasteiger charge is -2.60. The van der Waals surface area contributed by atoms with Crippen molar-refractivity contribution in [3.63, 3.8) is 0 Å². The Kier molecular flexibility index (Phi) is 5.02. The highest BCUT2D eigenvalue weighted by Gasteiger charge is 2.78. The van der Waals surface area contributed by atoms with Crippen LogP contribution in [-0.2, 0) is 42.7 Å². The van der Waals surface area contributed by atoms with Gasteiger partial charge >= 0.3 is 5.97 Å². The number of hydrogen-bond acceptors (Lipinski definition) is 9. The second kappa shape index (κ2) is 7.61. The summed E-state index contributed by atoms with van der Waals surface area (Å²) in [7, 11) is 0. The Morgan fingerprint density at radius 1 is 1.03 bits per heavy atom. The van der Waals surface area contributed by atoms with Crippen LogP contribution in [0.15, 0.2) is 11.6 Å². The van der Waals surface area contributed by atoms with Crippen molar-refractivity contribution in [1.82, 2.24) is 0 Å². The third-order valence-corrected chi connectivity index (χ3v) is 11.1. The molecule has 8 atom stereocenters. The lowest BCUT2D eigenvalue weighted by molar-refractivity contribution is -0.240. The second-order valence-corrected chi connectivity index (χ2v) is 12.2. The van der Waals surface area contributed by atoms with Crippen LogP contribution in [0, 0.1) is 28.6 Å². The van der Waals surface area contributed by atoms with Crippen LogP contribution in [0.5, 0.6) is 0 Å². The van der Waals surface area contributed by atoms with Crippen molar-refractivity contribution in [3.8, 4) is 0 Å². The molecular formula is C27H36O9. The molecule has 3 aliphatic heterocycles. The predicted octanol–water partition coefficient (Wildman–Crippen LogP) is 2.86. The Bertz CT molecular complexity index is 1010. The van der Waals surface area contributed by atoms with E-state index in [0.717, 1.165) is 37.7 Å². The van der Waals surface area contributed by atoms with Crippen LogP contribution in [0.1, 0.15) is 59.3 Å². The van der Waals surface area contributed by atoms with Crippen LogP contribution in [0.3, 0.4) is 0 Å². The summed E-state index contributed by atoms with van der Waals surface area (Å²) in [6.45, 7) is 7.40. The van der Waals surface area contributed by atoms with Crippen LogP contribution in [-0.4, -0.2) is 68.4 Å². The van der Waals surface area contributed by atoms with E-state index in [1.54, 1.807) is 0 Å². The van der Waals surface area contributed by atoms with Gasteiger partial charge in [-0.15, -0.1) is 0 Å². The molecule has 9 heteroatoms. The first-order valence-electron chi connectivity index (χ1n) is 13.4. The minimum absolute atomic E-state index is 0.0497. The first kappa shape index (κ1) is 23.7. The molecule has 0 amide bonds. The molecule has 3 saturated heterocycles. The largest absolute Gasteiger partial charge is 0.462 e. The molecule has 3 spiro atoms. The molecule has 7 rings (SSSR count). The highest BCUT2D eigenvalue weighted by molar-refractivity contribution is 5.98. The number of carbonyl (C=O) groups excluding carboxylic acids is 2. The maximum absolute atomic E-state index is 14.3. The van der Waals surface area contributed by atoms with Gasteiger partial charge < -0.3 is 33.2 Å². The number of carbonyl (C=O) groups is 2. The summed E-state index contributed by atoms with van der Waals surface area (Å²) in [6.07, 6.45) is 6.07. The molecule has 0 N–H and O–H groups in total. The molecule has 198 valence electrons. The van der Waals surface area contributed by atoms with Crippen molar-refractivity contribution in [3.05, 3.63) is 11.6 Å². The van der Waals surface area contributed by atoms with E-state index in [9.17, 15) is 9.59 Å². The highest BCUT2D eigenvalue weighted by Crippen LogP contribution is 2.70. The van der Waals surface area contributed by atoms with E-state index in [2.05, 4.69) is 6.92 Å². The normalized spacial score (nSPS) is 50.9. The minimum atomic E-state index is -1.09. The first-order valence-corrected chi connectivity index (χ1v) is 13.4. The highest BCUT2D eigenvalue weighted by atomic mass is 16.9. The number of ketones is 1. The summed E-state index contributed by atoms with van der Waals surface area (Å²) in [6, 6.07) is 0. The van der Waals surface area contributed by atoms with Gasteiger partial charge in [-0.25, -0.2) is 0 Å². The number of fused-ring (bicyclic) bond motifs is 7. The van der Waals surface area contributed by atoms with Crippen LogP contribution in [0.4, 0.5) is 0 Å². The molecule has 0 aromatic rings. The van der Waals surface area contributed by atoms with Crippen LogP contribution < -0.4 is 0 Å². The summed E-state index contributed by atoms with van der Waals surface area (Å²) in [5.74, 6) is -1.84. The van der Waals surface area contributed by atoms with Crippen molar-refractivity contribution < 1.29 is 42.7 Å². The van der Waals surface area contributed by atoms with Gasteiger partial charge in [0.2, 0.25) is 5.79 Å². The number of rotatable bonds is 1. The maximum atomic E-state index is 14.3. The van der Waals surface area contributed by atoms with Crippen LogP contribution in [0.2, 0.25) is 0 Å². The fourth-order valence-electron chi connectivity index (χ4n) is 9.27. The maximum Gasteiger partial charge on any atom is 0.302 e. The Labute approximate surface area is 211 Å². The molecule has 36 heavy (non-hydrogen) atoms. The van der Waals surface area contributed by atoms with E-state index in [1.807, 2.05) is 13.0 Å². The van der Waals surface area contributed by atoms with Gasteiger partial charge in [0.1, 0.15) is 18.3 Å². The zero-order valence-corrected chi connectivity index (χ0v) is 21.3. The van der Waals surface area contributed by atoms with E-state index >= 15 is 0 Å². The van der Waals surface area contributed by atoms with Crippen molar-refractivity contribution in [2.45, 2.75) is 82.6 Å². The Morgan fingerprint density at radius 3 is 2.53 bits per heavy atom. The molecule has 0 radical (unpaired) electrons. The summed E-state index contributed by atoms with van der Waals surface area (Å²) in [5.41, 5.74) is -0.896. The summed E-state index contributed by atoms with van der Waals surface area (Å²) in [4.78, 5) is 26.6. The molecule has 9 nitrogen and oxygen atoms in total. The molecule has 0 aromatic carbocycles. The molecule has 3 heterocycles. The lowest BCUT2D eigenvalue weighted by Crippen LogP contribution is -2.66. The minimum Gasteiger partial charge on any atom is -0.462 e. The Hall–Kier alpha value is -1.36. The van der Waals surface area contributed by atoms with Crippen LogP contribution in [0.25, 0.3) is 0 Å². The third kappa shape index (κ3) is 2.77. The monoisotopic (exact) mass is 504 g/mol. The standard InChI is InChI=1S/C27H36O9/c1-16(28)36-20-10-17-12-25(31-8-9-32-25)7-6-23(17,2)19-11-21(29)24(3)18(22(19)20)4-5-26(24)27(35-15-33-26)13-30-14-34-27/h11,17-18,20,22H,4-10,12-15H2,1-3H3/t17-,18?,20-,22?,23+,24-,26-,27?/m1/s1. The molecule has 0 aromatic heterocycles. The Morgan fingerprint density at radius 2 is 1.81 bits per heavy atom. The fourth-order valence-corrected chi connectivity index (χ4v) is 9.27. The number of allylic oxidation sites excluding steroid dienone is 1. The fraction of sp³-hybridized carbons (Fsp3) is 0.852. The zero-order chi connectivity index (χ0) is 25.0. The molecule has 7 aliphatic rings. The van der Waals surface area contributed by atoms with Gasteiger partial charge in [-0.1, -0.05) is 12.5 Å². The quantitative estimate of drug-likeness (QED) is 0.499. The number of esters is 1. The number of hydrogen-bond donors (Lipinski definition) is 0. The Balaban J connectivity index is 1.33. The van der Waals surface area contributed by atoms with Crippen molar-refractivity contribution in [2.24, 2.45) is 28.6 Å². The predicted molar refractivity (Wildman–Crippen MR) is 122 cm³/mol. The average molecular weight is 505 g/mol.